The minimum Gasteiger partial charge on any atom is -0.314 e. The average molecular weight is 255 g/mol. The molecular weight excluding hydrogens is 244 g/mol. The molecule has 0 amide bonds. The second kappa shape index (κ2) is 4.97. The minimum absolute atomic E-state index is 0.0105. The molecule has 74 valence electrons. The molecule has 14 heavy (non-hydrogen) atoms. The number of aromatic nitrogens is 1. The fraction of sp³-hybridized carbons (Fsp3) is 0.400. The summed E-state index contributed by atoms with van der Waals surface area (Å²) in [4.78, 5) is 11.4. The molecule has 1 heterocycles. The smallest absolute Gasteiger partial charge is 0.250 e. The Morgan fingerprint density at radius 3 is 3.00 bits per heavy atom. The van der Waals surface area contributed by atoms with Crippen molar-refractivity contribution in [3.8, 4) is 6.07 Å². The maximum Gasteiger partial charge on any atom is 0.250 e. The molecule has 0 aliphatic rings. The predicted octanol–water partition coefficient (Wildman–Crippen LogP) is 2.22. The molecule has 0 atom stereocenters. The summed E-state index contributed by atoms with van der Waals surface area (Å²) in [5.74, 6) is 0. The van der Waals surface area contributed by atoms with Gasteiger partial charge in [-0.2, -0.15) is 5.26 Å². The lowest BCUT2D eigenvalue weighted by atomic mass is 10.3. The van der Waals surface area contributed by atoms with Crippen LogP contribution in [0.2, 0.25) is 0 Å². The van der Waals surface area contributed by atoms with Crippen molar-refractivity contribution in [1.82, 2.24) is 4.57 Å². The van der Waals surface area contributed by atoms with E-state index in [1.165, 1.54) is 0 Å². The number of halogens is 1. The Hall–Kier alpha value is -1.08. The SMILES string of the molecule is Cc1cc(=O)n(CCCC#N)cc1Br. The third kappa shape index (κ3) is 2.71. The first-order valence-corrected chi connectivity index (χ1v) is 5.18. The highest BCUT2D eigenvalue weighted by atomic mass is 79.9. The Labute approximate surface area is 91.1 Å². The molecule has 0 N–H and O–H groups in total. The molecule has 0 radical (unpaired) electrons. The van der Waals surface area contributed by atoms with Crippen molar-refractivity contribution in [3.63, 3.8) is 0 Å². The van der Waals surface area contributed by atoms with Crippen LogP contribution in [-0.4, -0.2) is 4.57 Å². The van der Waals surface area contributed by atoms with Crippen molar-refractivity contribution in [1.29, 1.82) is 5.26 Å². The Balaban J connectivity index is 2.83. The fourth-order valence-corrected chi connectivity index (χ4v) is 1.50. The van der Waals surface area contributed by atoms with E-state index in [9.17, 15) is 4.79 Å². The molecule has 1 aromatic rings. The number of hydrogen-bond donors (Lipinski definition) is 0. The van der Waals surface area contributed by atoms with Crippen molar-refractivity contribution in [2.75, 3.05) is 0 Å². The number of nitriles is 1. The zero-order valence-corrected chi connectivity index (χ0v) is 9.54. The zero-order chi connectivity index (χ0) is 10.6. The van der Waals surface area contributed by atoms with Gasteiger partial charge in [-0.3, -0.25) is 4.79 Å². The maximum absolute atomic E-state index is 11.4. The van der Waals surface area contributed by atoms with Crippen molar-refractivity contribution in [2.24, 2.45) is 0 Å². The molecule has 0 fully saturated rings. The lowest BCUT2D eigenvalue weighted by molar-refractivity contribution is 0.629. The van der Waals surface area contributed by atoms with E-state index in [0.29, 0.717) is 19.4 Å². The first kappa shape index (κ1) is 11.0. The summed E-state index contributed by atoms with van der Waals surface area (Å²) in [6.45, 7) is 2.48. The maximum atomic E-state index is 11.4. The minimum atomic E-state index is -0.0105. The van der Waals surface area contributed by atoms with Gasteiger partial charge in [-0.1, -0.05) is 0 Å². The Kier molecular flexibility index (Phi) is 3.90. The van der Waals surface area contributed by atoms with Gasteiger partial charge in [0.25, 0.3) is 5.56 Å². The molecular formula is C10H11BrN2O. The number of hydrogen-bond acceptors (Lipinski definition) is 2. The quantitative estimate of drug-likeness (QED) is 0.777. The second-order valence-electron chi connectivity index (χ2n) is 3.10. The van der Waals surface area contributed by atoms with E-state index in [1.807, 2.05) is 6.92 Å². The van der Waals surface area contributed by atoms with Gasteiger partial charge in [0.1, 0.15) is 0 Å². The van der Waals surface area contributed by atoms with E-state index in [0.717, 1.165) is 10.0 Å². The van der Waals surface area contributed by atoms with Crippen LogP contribution in [0.15, 0.2) is 21.5 Å². The van der Waals surface area contributed by atoms with Crippen LogP contribution in [0.5, 0.6) is 0 Å². The topological polar surface area (TPSA) is 45.8 Å². The molecule has 0 saturated carbocycles. The highest BCUT2D eigenvalue weighted by molar-refractivity contribution is 9.10. The van der Waals surface area contributed by atoms with Crippen molar-refractivity contribution >= 4 is 15.9 Å². The van der Waals surface area contributed by atoms with Crippen LogP contribution in [0.1, 0.15) is 18.4 Å². The summed E-state index contributed by atoms with van der Waals surface area (Å²) in [5.41, 5.74) is 0.926. The first-order chi connectivity index (χ1) is 6.65. The lowest BCUT2D eigenvalue weighted by Gasteiger charge is -2.05. The van der Waals surface area contributed by atoms with Crippen LogP contribution in [0.3, 0.4) is 0 Å². The normalized spacial score (nSPS) is 9.79. The van der Waals surface area contributed by atoms with E-state index in [1.54, 1.807) is 16.8 Å². The van der Waals surface area contributed by atoms with E-state index in [-0.39, 0.29) is 5.56 Å². The molecule has 1 rings (SSSR count). The first-order valence-electron chi connectivity index (χ1n) is 4.38. The molecule has 0 unspecified atom stereocenters. The van der Waals surface area contributed by atoms with Crippen molar-refractivity contribution < 1.29 is 0 Å². The van der Waals surface area contributed by atoms with Gasteiger partial charge in [0.2, 0.25) is 0 Å². The number of nitrogens with zero attached hydrogens (tertiary/aromatic N) is 2. The van der Waals surface area contributed by atoms with Crippen LogP contribution in [-0.2, 0) is 6.54 Å². The summed E-state index contributed by atoms with van der Waals surface area (Å²) in [6.07, 6.45) is 2.97. The third-order valence-electron chi connectivity index (χ3n) is 1.96. The highest BCUT2D eigenvalue weighted by Gasteiger charge is 2.00. The molecule has 0 bridgehead atoms. The summed E-state index contributed by atoms with van der Waals surface area (Å²) in [6, 6.07) is 3.65. The standard InChI is InChI=1S/C10H11BrN2O/c1-8-6-10(14)13(7-9(8)11)5-3-2-4-12/h6-7H,2-3,5H2,1H3. The summed E-state index contributed by atoms with van der Waals surface area (Å²) >= 11 is 3.36. The van der Waals surface area contributed by atoms with Gasteiger partial charge in [0.05, 0.1) is 6.07 Å². The van der Waals surface area contributed by atoms with Gasteiger partial charge in [0.15, 0.2) is 0 Å². The van der Waals surface area contributed by atoms with Gasteiger partial charge in [0, 0.05) is 29.7 Å². The van der Waals surface area contributed by atoms with Crippen LogP contribution in [0.4, 0.5) is 0 Å². The zero-order valence-electron chi connectivity index (χ0n) is 7.96. The van der Waals surface area contributed by atoms with Crippen LogP contribution in [0.25, 0.3) is 0 Å². The second-order valence-corrected chi connectivity index (χ2v) is 3.95. The molecule has 0 spiro atoms. The molecule has 3 nitrogen and oxygen atoms in total. The number of aryl methyl sites for hydroxylation is 2. The van der Waals surface area contributed by atoms with Crippen molar-refractivity contribution in [2.45, 2.75) is 26.3 Å². The third-order valence-corrected chi connectivity index (χ3v) is 2.79. The summed E-state index contributed by atoms with van der Waals surface area (Å²) < 4.78 is 2.54. The Morgan fingerprint density at radius 2 is 2.36 bits per heavy atom. The molecule has 0 saturated heterocycles. The van der Waals surface area contributed by atoms with E-state index < -0.39 is 0 Å². The van der Waals surface area contributed by atoms with Gasteiger partial charge < -0.3 is 4.57 Å². The number of rotatable bonds is 3. The predicted molar refractivity (Wildman–Crippen MR) is 58.0 cm³/mol. The number of unbranched alkanes of at least 4 members (excludes halogenated alkanes) is 1. The van der Waals surface area contributed by atoms with Gasteiger partial charge in [-0.15, -0.1) is 0 Å². The van der Waals surface area contributed by atoms with Gasteiger partial charge in [-0.25, -0.2) is 0 Å². The largest absolute Gasteiger partial charge is 0.314 e. The van der Waals surface area contributed by atoms with Crippen LogP contribution < -0.4 is 5.56 Å². The molecule has 0 aliphatic carbocycles. The van der Waals surface area contributed by atoms with Gasteiger partial charge >= 0.3 is 0 Å². The monoisotopic (exact) mass is 254 g/mol. The summed E-state index contributed by atoms with van der Waals surface area (Å²) in [5, 5.41) is 8.37. The molecule has 4 heteroatoms. The van der Waals surface area contributed by atoms with Crippen LogP contribution in [0, 0.1) is 18.3 Å². The van der Waals surface area contributed by atoms with E-state index in [4.69, 9.17) is 5.26 Å². The summed E-state index contributed by atoms with van der Waals surface area (Å²) in [7, 11) is 0. The number of pyridine rings is 1. The Bertz CT molecular complexity index is 417. The highest BCUT2D eigenvalue weighted by Crippen LogP contribution is 2.12. The molecule has 1 aromatic heterocycles. The van der Waals surface area contributed by atoms with Gasteiger partial charge in [-0.05, 0) is 34.8 Å². The lowest BCUT2D eigenvalue weighted by Crippen LogP contribution is -2.19. The Morgan fingerprint density at radius 1 is 1.64 bits per heavy atom. The molecule has 0 aliphatic heterocycles. The molecule has 0 aromatic carbocycles. The van der Waals surface area contributed by atoms with E-state index in [2.05, 4.69) is 22.0 Å². The van der Waals surface area contributed by atoms with Crippen molar-refractivity contribution in [3.05, 3.63) is 32.7 Å². The average Bonchev–Trinajstić information content (AvgIpc) is 2.14. The van der Waals surface area contributed by atoms with Crippen LogP contribution >= 0.6 is 15.9 Å². The van der Waals surface area contributed by atoms with E-state index >= 15 is 0 Å². The fourth-order valence-electron chi connectivity index (χ4n) is 1.14.